The van der Waals surface area contributed by atoms with Gasteiger partial charge in [-0.25, -0.2) is 4.79 Å². The molecule has 1 aliphatic rings. The van der Waals surface area contributed by atoms with E-state index < -0.39 is 0 Å². The Morgan fingerprint density at radius 3 is 2.63 bits per heavy atom. The second-order valence-electron chi connectivity index (χ2n) is 5.68. The Kier molecular flexibility index (Phi) is 4.46. The SMILES string of the molecule is Cc1cccc(CNC(=O)N2C(C)CCCC2C)c1. The standard InChI is InChI=1S/C16H24N2O/c1-12-6-4-9-15(10-12)11-17-16(19)18-13(2)7-5-8-14(18)3/h4,6,9-10,13-14H,5,7-8,11H2,1-3H3,(H,17,19). The van der Waals surface area contributed by atoms with Gasteiger partial charge in [0.05, 0.1) is 0 Å². The summed E-state index contributed by atoms with van der Waals surface area (Å²) in [6, 6.07) is 9.03. The van der Waals surface area contributed by atoms with Crippen LogP contribution in [0.15, 0.2) is 24.3 Å². The van der Waals surface area contributed by atoms with Gasteiger partial charge in [0.2, 0.25) is 0 Å². The van der Waals surface area contributed by atoms with E-state index in [2.05, 4.69) is 44.3 Å². The Morgan fingerprint density at radius 1 is 1.32 bits per heavy atom. The minimum Gasteiger partial charge on any atom is -0.334 e. The number of rotatable bonds is 2. The molecule has 1 saturated heterocycles. The number of urea groups is 1. The van der Waals surface area contributed by atoms with Gasteiger partial charge >= 0.3 is 6.03 Å². The summed E-state index contributed by atoms with van der Waals surface area (Å²) >= 11 is 0. The molecule has 1 aromatic rings. The van der Waals surface area contributed by atoms with E-state index in [-0.39, 0.29) is 6.03 Å². The molecule has 2 atom stereocenters. The maximum atomic E-state index is 12.3. The van der Waals surface area contributed by atoms with Crippen LogP contribution in [0.1, 0.15) is 44.2 Å². The molecule has 0 aliphatic carbocycles. The van der Waals surface area contributed by atoms with Crippen LogP contribution in [0.3, 0.4) is 0 Å². The summed E-state index contributed by atoms with van der Waals surface area (Å²) in [6.07, 6.45) is 3.45. The van der Waals surface area contributed by atoms with Crippen LogP contribution < -0.4 is 5.32 Å². The maximum Gasteiger partial charge on any atom is 0.318 e. The molecule has 1 heterocycles. The number of amides is 2. The molecule has 1 aliphatic heterocycles. The van der Waals surface area contributed by atoms with Gasteiger partial charge in [0, 0.05) is 18.6 Å². The molecule has 3 nitrogen and oxygen atoms in total. The largest absolute Gasteiger partial charge is 0.334 e. The molecule has 19 heavy (non-hydrogen) atoms. The highest BCUT2D eigenvalue weighted by atomic mass is 16.2. The van der Waals surface area contributed by atoms with Crippen molar-refractivity contribution in [1.29, 1.82) is 0 Å². The number of benzene rings is 1. The van der Waals surface area contributed by atoms with Crippen molar-refractivity contribution in [2.45, 2.75) is 58.7 Å². The third kappa shape index (κ3) is 3.49. The third-order valence-electron chi connectivity index (χ3n) is 3.95. The van der Waals surface area contributed by atoms with Crippen LogP contribution in [0.25, 0.3) is 0 Å². The van der Waals surface area contributed by atoms with Crippen molar-refractivity contribution in [1.82, 2.24) is 10.2 Å². The van der Waals surface area contributed by atoms with E-state index in [1.54, 1.807) is 0 Å². The Hall–Kier alpha value is -1.51. The summed E-state index contributed by atoms with van der Waals surface area (Å²) in [7, 11) is 0. The molecular weight excluding hydrogens is 236 g/mol. The molecule has 0 bridgehead atoms. The first-order valence-electron chi connectivity index (χ1n) is 7.19. The molecule has 0 spiro atoms. The van der Waals surface area contributed by atoms with Gasteiger partial charge in [0.1, 0.15) is 0 Å². The van der Waals surface area contributed by atoms with E-state index in [9.17, 15) is 4.79 Å². The minimum absolute atomic E-state index is 0.0706. The average molecular weight is 260 g/mol. The van der Waals surface area contributed by atoms with E-state index >= 15 is 0 Å². The third-order valence-corrected chi connectivity index (χ3v) is 3.95. The number of piperidine rings is 1. The van der Waals surface area contributed by atoms with E-state index in [1.165, 1.54) is 12.0 Å². The first-order chi connectivity index (χ1) is 9.08. The molecule has 1 aromatic carbocycles. The number of nitrogens with zero attached hydrogens (tertiary/aromatic N) is 1. The fourth-order valence-electron chi connectivity index (χ4n) is 2.91. The summed E-state index contributed by atoms with van der Waals surface area (Å²) in [5.74, 6) is 0. The van der Waals surface area contributed by atoms with E-state index in [1.807, 2.05) is 11.0 Å². The van der Waals surface area contributed by atoms with Crippen LogP contribution in [0.5, 0.6) is 0 Å². The smallest absolute Gasteiger partial charge is 0.318 e. The quantitative estimate of drug-likeness (QED) is 0.867. The van der Waals surface area contributed by atoms with Crippen LogP contribution >= 0.6 is 0 Å². The zero-order valence-corrected chi connectivity index (χ0v) is 12.1. The van der Waals surface area contributed by atoms with Crippen molar-refractivity contribution < 1.29 is 4.79 Å². The molecule has 104 valence electrons. The van der Waals surface area contributed by atoms with Crippen LogP contribution in [0.4, 0.5) is 4.79 Å². The summed E-state index contributed by atoms with van der Waals surface area (Å²) in [4.78, 5) is 14.3. The maximum absolute atomic E-state index is 12.3. The van der Waals surface area contributed by atoms with E-state index in [0.717, 1.165) is 18.4 Å². The molecule has 0 saturated carbocycles. The van der Waals surface area contributed by atoms with Crippen LogP contribution in [0, 0.1) is 6.92 Å². The van der Waals surface area contributed by atoms with Gasteiger partial charge in [0.25, 0.3) is 0 Å². The number of likely N-dealkylation sites (tertiary alicyclic amines) is 1. The normalized spacial score (nSPS) is 23.2. The number of aryl methyl sites for hydroxylation is 1. The molecule has 3 heteroatoms. The zero-order chi connectivity index (χ0) is 13.8. The second kappa shape index (κ2) is 6.09. The number of carbonyl (C=O) groups is 1. The van der Waals surface area contributed by atoms with Crippen molar-refractivity contribution in [3.05, 3.63) is 35.4 Å². The number of nitrogens with one attached hydrogen (secondary N) is 1. The van der Waals surface area contributed by atoms with E-state index in [0.29, 0.717) is 18.6 Å². The number of hydrogen-bond acceptors (Lipinski definition) is 1. The first kappa shape index (κ1) is 13.9. The van der Waals surface area contributed by atoms with Crippen molar-refractivity contribution in [3.63, 3.8) is 0 Å². The zero-order valence-electron chi connectivity index (χ0n) is 12.1. The van der Waals surface area contributed by atoms with Gasteiger partial charge in [-0.1, -0.05) is 29.8 Å². The summed E-state index contributed by atoms with van der Waals surface area (Å²) in [5.41, 5.74) is 2.39. The Labute approximate surface area is 116 Å². The van der Waals surface area contributed by atoms with Crippen molar-refractivity contribution in [2.75, 3.05) is 0 Å². The highest BCUT2D eigenvalue weighted by Crippen LogP contribution is 2.22. The number of hydrogen-bond donors (Lipinski definition) is 1. The number of carbonyl (C=O) groups excluding carboxylic acids is 1. The van der Waals surface area contributed by atoms with Crippen LogP contribution in [-0.4, -0.2) is 23.0 Å². The predicted molar refractivity (Wildman–Crippen MR) is 78.0 cm³/mol. The summed E-state index contributed by atoms with van der Waals surface area (Å²) in [6.45, 7) is 6.96. The lowest BCUT2D eigenvalue weighted by Crippen LogP contribution is -2.51. The second-order valence-corrected chi connectivity index (χ2v) is 5.68. The van der Waals surface area contributed by atoms with Gasteiger partial charge in [-0.15, -0.1) is 0 Å². The molecule has 2 unspecified atom stereocenters. The molecule has 2 amide bonds. The lowest BCUT2D eigenvalue weighted by molar-refractivity contribution is 0.123. The molecule has 0 radical (unpaired) electrons. The Morgan fingerprint density at radius 2 is 2.00 bits per heavy atom. The molecular formula is C16H24N2O. The van der Waals surface area contributed by atoms with Gasteiger partial charge in [-0.05, 0) is 45.6 Å². The van der Waals surface area contributed by atoms with Gasteiger partial charge in [0.15, 0.2) is 0 Å². The predicted octanol–water partition coefficient (Wildman–Crippen LogP) is 3.47. The van der Waals surface area contributed by atoms with E-state index in [4.69, 9.17) is 0 Å². The fraction of sp³-hybridized carbons (Fsp3) is 0.562. The van der Waals surface area contributed by atoms with Crippen LogP contribution in [-0.2, 0) is 6.54 Å². The van der Waals surface area contributed by atoms with Crippen molar-refractivity contribution >= 4 is 6.03 Å². The van der Waals surface area contributed by atoms with Gasteiger partial charge < -0.3 is 10.2 Å². The highest BCUT2D eigenvalue weighted by molar-refractivity contribution is 5.75. The van der Waals surface area contributed by atoms with Gasteiger partial charge in [-0.3, -0.25) is 0 Å². The summed E-state index contributed by atoms with van der Waals surface area (Å²) < 4.78 is 0. The van der Waals surface area contributed by atoms with Gasteiger partial charge in [-0.2, -0.15) is 0 Å². The van der Waals surface area contributed by atoms with Crippen molar-refractivity contribution in [3.8, 4) is 0 Å². The monoisotopic (exact) mass is 260 g/mol. The lowest BCUT2D eigenvalue weighted by Gasteiger charge is -2.38. The minimum atomic E-state index is 0.0706. The lowest BCUT2D eigenvalue weighted by atomic mass is 9.98. The Balaban J connectivity index is 1.93. The molecule has 1 fully saturated rings. The van der Waals surface area contributed by atoms with Crippen molar-refractivity contribution in [2.24, 2.45) is 0 Å². The first-order valence-corrected chi connectivity index (χ1v) is 7.19. The Bertz CT molecular complexity index is 434. The molecule has 0 aromatic heterocycles. The molecule has 1 N–H and O–H groups in total. The molecule has 2 rings (SSSR count). The summed E-state index contributed by atoms with van der Waals surface area (Å²) in [5, 5.41) is 3.04. The highest BCUT2D eigenvalue weighted by Gasteiger charge is 2.28. The topological polar surface area (TPSA) is 32.3 Å². The average Bonchev–Trinajstić information content (AvgIpc) is 2.36. The van der Waals surface area contributed by atoms with Crippen LogP contribution in [0.2, 0.25) is 0 Å². The fourth-order valence-corrected chi connectivity index (χ4v) is 2.91.